The first-order valence-electron chi connectivity index (χ1n) is 5.95. The molecular formula is C12H24N2O. The Kier molecular flexibility index (Phi) is 8.01. The summed E-state index contributed by atoms with van der Waals surface area (Å²) in [7, 11) is 0. The van der Waals surface area contributed by atoms with Crippen molar-refractivity contribution in [1.82, 2.24) is 9.78 Å². The first-order chi connectivity index (χ1) is 7.38. The molecule has 0 spiro atoms. The van der Waals surface area contributed by atoms with Crippen molar-refractivity contribution < 1.29 is 4.74 Å². The van der Waals surface area contributed by atoms with Gasteiger partial charge in [-0.1, -0.05) is 34.6 Å². The van der Waals surface area contributed by atoms with Crippen molar-refractivity contribution in [1.29, 1.82) is 0 Å². The fourth-order valence-corrected chi connectivity index (χ4v) is 1.46. The lowest BCUT2D eigenvalue weighted by molar-refractivity contribution is 0.181. The van der Waals surface area contributed by atoms with Crippen LogP contribution in [0.3, 0.4) is 0 Å². The molecule has 88 valence electrons. The normalized spacial score (nSPS) is 23.5. The maximum Gasteiger partial charge on any atom is 0.0799 e. The lowest BCUT2D eigenvalue weighted by Crippen LogP contribution is -2.15. The van der Waals surface area contributed by atoms with E-state index in [1.165, 1.54) is 0 Å². The van der Waals surface area contributed by atoms with Gasteiger partial charge in [-0.05, 0) is 6.07 Å². The third-order valence-electron chi connectivity index (χ3n) is 2.19. The minimum Gasteiger partial charge on any atom is -0.379 e. The van der Waals surface area contributed by atoms with E-state index in [-0.39, 0.29) is 0 Å². The number of hydrogen-bond donors (Lipinski definition) is 0. The molecule has 0 amide bonds. The molecule has 0 bridgehead atoms. The standard InChI is InChI=1S/C8H12N2O.2C2H6/c1-7-5-11-6-8(7)10-4-2-3-9-10;2*1-2/h2-4,7-8H,5-6H2,1H3;2*1-2H3. The van der Waals surface area contributed by atoms with Crippen molar-refractivity contribution in [2.45, 2.75) is 40.7 Å². The van der Waals surface area contributed by atoms with Gasteiger partial charge >= 0.3 is 0 Å². The van der Waals surface area contributed by atoms with Gasteiger partial charge < -0.3 is 4.74 Å². The van der Waals surface area contributed by atoms with Crippen LogP contribution in [-0.4, -0.2) is 23.0 Å². The predicted molar refractivity (Wildman–Crippen MR) is 63.9 cm³/mol. The molecule has 0 aliphatic carbocycles. The Balaban J connectivity index is 0.000000442. The van der Waals surface area contributed by atoms with Gasteiger partial charge in [0.25, 0.3) is 0 Å². The van der Waals surface area contributed by atoms with E-state index in [1.807, 2.05) is 50.8 Å². The highest BCUT2D eigenvalue weighted by molar-refractivity contribution is 4.85. The van der Waals surface area contributed by atoms with Gasteiger partial charge in [-0.2, -0.15) is 5.10 Å². The Labute approximate surface area is 93.4 Å². The fourth-order valence-electron chi connectivity index (χ4n) is 1.46. The summed E-state index contributed by atoms with van der Waals surface area (Å²) in [5.41, 5.74) is 0. The van der Waals surface area contributed by atoms with Crippen LogP contribution in [0.1, 0.15) is 40.7 Å². The van der Waals surface area contributed by atoms with Crippen LogP contribution in [0.4, 0.5) is 0 Å². The molecule has 1 aliphatic rings. The second-order valence-electron chi connectivity index (χ2n) is 3.07. The van der Waals surface area contributed by atoms with Gasteiger partial charge in [0, 0.05) is 18.3 Å². The maximum atomic E-state index is 5.33. The van der Waals surface area contributed by atoms with Crippen molar-refractivity contribution >= 4 is 0 Å². The molecule has 0 N–H and O–H groups in total. The summed E-state index contributed by atoms with van der Waals surface area (Å²) in [6, 6.07) is 2.40. The highest BCUT2D eigenvalue weighted by Crippen LogP contribution is 2.23. The Bertz CT molecular complexity index is 222. The summed E-state index contributed by atoms with van der Waals surface area (Å²) in [6.45, 7) is 11.9. The van der Waals surface area contributed by atoms with Crippen LogP contribution < -0.4 is 0 Å². The summed E-state index contributed by atoms with van der Waals surface area (Å²) in [6.07, 6.45) is 3.81. The Morgan fingerprint density at radius 1 is 1.20 bits per heavy atom. The minimum atomic E-state index is 0.449. The molecule has 2 atom stereocenters. The van der Waals surface area contributed by atoms with E-state index in [1.54, 1.807) is 0 Å². The smallest absolute Gasteiger partial charge is 0.0799 e. The van der Waals surface area contributed by atoms with Crippen molar-refractivity contribution in [2.75, 3.05) is 13.2 Å². The van der Waals surface area contributed by atoms with Crippen LogP contribution >= 0.6 is 0 Å². The van der Waals surface area contributed by atoms with Crippen LogP contribution in [0.5, 0.6) is 0 Å². The molecule has 1 fully saturated rings. The van der Waals surface area contributed by atoms with E-state index in [4.69, 9.17) is 4.74 Å². The van der Waals surface area contributed by atoms with Gasteiger partial charge in [0.15, 0.2) is 0 Å². The van der Waals surface area contributed by atoms with Gasteiger partial charge in [-0.3, -0.25) is 4.68 Å². The predicted octanol–water partition coefficient (Wildman–Crippen LogP) is 3.14. The zero-order valence-electron chi connectivity index (χ0n) is 10.6. The van der Waals surface area contributed by atoms with E-state index in [2.05, 4.69) is 12.0 Å². The summed E-state index contributed by atoms with van der Waals surface area (Å²) in [4.78, 5) is 0. The quantitative estimate of drug-likeness (QED) is 0.715. The zero-order chi connectivity index (χ0) is 11.7. The molecule has 2 unspecified atom stereocenters. The second kappa shape index (κ2) is 8.48. The first-order valence-corrected chi connectivity index (χ1v) is 5.95. The van der Waals surface area contributed by atoms with Crippen LogP contribution in [0, 0.1) is 5.92 Å². The summed E-state index contributed by atoms with van der Waals surface area (Å²) >= 11 is 0. The number of aromatic nitrogens is 2. The second-order valence-corrected chi connectivity index (χ2v) is 3.07. The SMILES string of the molecule is CC.CC.CC1COCC1n1cccn1. The molecule has 1 aromatic heterocycles. The molecule has 1 saturated heterocycles. The fraction of sp³-hybridized carbons (Fsp3) is 0.750. The van der Waals surface area contributed by atoms with E-state index in [0.717, 1.165) is 13.2 Å². The van der Waals surface area contributed by atoms with Crippen molar-refractivity contribution in [3.05, 3.63) is 18.5 Å². The summed E-state index contributed by atoms with van der Waals surface area (Å²) in [5, 5.41) is 4.19. The van der Waals surface area contributed by atoms with Gasteiger partial charge in [0.2, 0.25) is 0 Å². The van der Waals surface area contributed by atoms with Crippen molar-refractivity contribution in [3.63, 3.8) is 0 Å². The number of ether oxygens (including phenoxy) is 1. The van der Waals surface area contributed by atoms with Crippen LogP contribution in [0.2, 0.25) is 0 Å². The summed E-state index contributed by atoms with van der Waals surface area (Å²) in [5.74, 6) is 0.592. The molecule has 1 aliphatic heterocycles. The monoisotopic (exact) mass is 212 g/mol. The topological polar surface area (TPSA) is 27.1 Å². The van der Waals surface area contributed by atoms with E-state index in [0.29, 0.717) is 12.0 Å². The molecule has 0 aromatic carbocycles. The first kappa shape index (κ1) is 14.2. The number of hydrogen-bond acceptors (Lipinski definition) is 2. The Morgan fingerprint density at radius 3 is 2.27 bits per heavy atom. The van der Waals surface area contributed by atoms with Crippen LogP contribution in [0.15, 0.2) is 18.5 Å². The Morgan fingerprint density at radius 2 is 1.87 bits per heavy atom. The average Bonchev–Trinajstić information content (AvgIpc) is 2.94. The molecule has 3 nitrogen and oxygen atoms in total. The van der Waals surface area contributed by atoms with Gasteiger partial charge in [-0.25, -0.2) is 0 Å². The molecule has 3 heteroatoms. The third kappa shape index (κ3) is 4.04. The lowest BCUT2D eigenvalue weighted by atomic mass is 10.1. The molecule has 0 saturated carbocycles. The van der Waals surface area contributed by atoms with E-state index in [9.17, 15) is 0 Å². The minimum absolute atomic E-state index is 0.449. The summed E-state index contributed by atoms with van der Waals surface area (Å²) < 4.78 is 7.32. The molecule has 1 aromatic rings. The van der Waals surface area contributed by atoms with E-state index >= 15 is 0 Å². The van der Waals surface area contributed by atoms with Gasteiger partial charge in [0.1, 0.15) is 0 Å². The lowest BCUT2D eigenvalue weighted by Gasteiger charge is -2.12. The molecule has 2 heterocycles. The third-order valence-corrected chi connectivity index (χ3v) is 2.19. The largest absolute Gasteiger partial charge is 0.379 e. The highest BCUT2D eigenvalue weighted by Gasteiger charge is 2.25. The average molecular weight is 212 g/mol. The zero-order valence-corrected chi connectivity index (χ0v) is 10.6. The maximum absolute atomic E-state index is 5.33. The highest BCUT2D eigenvalue weighted by atomic mass is 16.5. The van der Waals surface area contributed by atoms with Crippen molar-refractivity contribution in [2.24, 2.45) is 5.92 Å². The van der Waals surface area contributed by atoms with Crippen LogP contribution in [-0.2, 0) is 4.74 Å². The molecule has 2 rings (SSSR count). The molecule has 15 heavy (non-hydrogen) atoms. The molecular weight excluding hydrogens is 188 g/mol. The number of rotatable bonds is 1. The van der Waals surface area contributed by atoms with Crippen LogP contribution in [0.25, 0.3) is 0 Å². The van der Waals surface area contributed by atoms with E-state index < -0.39 is 0 Å². The Hall–Kier alpha value is -0.830. The van der Waals surface area contributed by atoms with Gasteiger partial charge in [0.05, 0.1) is 19.3 Å². The molecule has 0 radical (unpaired) electrons. The number of nitrogens with zero attached hydrogens (tertiary/aromatic N) is 2. The van der Waals surface area contributed by atoms with Gasteiger partial charge in [-0.15, -0.1) is 0 Å². The van der Waals surface area contributed by atoms with Crippen molar-refractivity contribution in [3.8, 4) is 0 Å².